The minimum atomic E-state index is -0.146. The van der Waals surface area contributed by atoms with Crippen LogP contribution in [0.4, 0.5) is 5.00 Å². The number of ether oxygens (including phenoxy) is 1. The predicted octanol–water partition coefficient (Wildman–Crippen LogP) is 4.42. The largest absolute Gasteiger partial charge is 0.497 e. The fraction of sp³-hybridized carbons (Fsp3) is 0.364. The van der Waals surface area contributed by atoms with Crippen LogP contribution in [0.3, 0.4) is 0 Å². The summed E-state index contributed by atoms with van der Waals surface area (Å²) in [6, 6.07) is 9.90. The van der Waals surface area contributed by atoms with Crippen molar-refractivity contribution in [3.05, 3.63) is 40.3 Å². The van der Waals surface area contributed by atoms with E-state index in [9.17, 15) is 10.1 Å². The van der Waals surface area contributed by atoms with Crippen molar-refractivity contribution in [2.24, 2.45) is 7.05 Å². The number of anilines is 1. The number of carbonyl (C=O) groups excluding carboxylic acids is 1. The van der Waals surface area contributed by atoms with E-state index in [1.54, 1.807) is 18.4 Å². The van der Waals surface area contributed by atoms with Gasteiger partial charge in [-0.2, -0.15) is 5.26 Å². The molecule has 31 heavy (non-hydrogen) atoms. The van der Waals surface area contributed by atoms with Gasteiger partial charge in [-0.05, 0) is 55.5 Å². The van der Waals surface area contributed by atoms with Gasteiger partial charge in [-0.15, -0.1) is 21.5 Å². The van der Waals surface area contributed by atoms with E-state index in [-0.39, 0.29) is 11.7 Å². The van der Waals surface area contributed by atoms with Gasteiger partial charge in [0.1, 0.15) is 16.8 Å². The molecular formula is C22H23N5O2S2. The first-order valence-corrected chi connectivity index (χ1v) is 11.9. The smallest absolute Gasteiger partial charge is 0.235 e. The lowest BCUT2D eigenvalue weighted by atomic mass is 10.1. The number of nitrogens with zero attached hydrogens (tertiary/aromatic N) is 4. The molecule has 160 valence electrons. The van der Waals surface area contributed by atoms with E-state index < -0.39 is 0 Å². The van der Waals surface area contributed by atoms with Gasteiger partial charge in [0.05, 0.1) is 18.4 Å². The minimum Gasteiger partial charge on any atom is -0.497 e. The Morgan fingerprint density at radius 3 is 2.77 bits per heavy atom. The summed E-state index contributed by atoms with van der Waals surface area (Å²) in [5.41, 5.74) is 2.69. The van der Waals surface area contributed by atoms with Crippen LogP contribution in [0, 0.1) is 11.3 Å². The maximum absolute atomic E-state index is 12.6. The fourth-order valence-electron chi connectivity index (χ4n) is 3.67. The highest BCUT2D eigenvalue weighted by Crippen LogP contribution is 2.37. The average molecular weight is 454 g/mol. The first-order valence-electron chi connectivity index (χ1n) is 10.1. The number of thioether (sulfide) groups is 1. The maximum Gasteiger partial charge on any atom is 0.235 e. The first kappa shape index (κ1) is 21.4. The van der Waals surface area contributed by atoms with Crippen molar-refractivity contribution in [1.82, 2.24) is 14.8 Å². The molecule has 4 rings (SSSR count). The van der Waals surface area contributed by atoms with Gasteiger partial charge in [-0.25, -0.2) is 0 Å². The van der Waals surface area contributed by atoms with Crippen molar-refractivity contribution in [2.45, 2.75) is 37.3 Å². The average Bonchev–Trinajstić information content (AvgIpc) is 3.22. The normalized spacial score (nSPS) is 13.2. The molecule has 0 bridgehead atoms. The molecule has 1 aliphatic rings. The Bertz CT molecular complexity index is 1130. The summed E-state index contributed by atoms with van der Waals surface area (Å²) in [5, 5.41) is 22.4. The number of methoxy groups -OCH3 is 1. The van der Waals surface area contributed by atoms with Crippen molar-refractivity contribution in [2.75, 3.05) is 18.2 Å². The predicted molar refractivity (Wildman–Crippen MR) is 123 cm³/mol. The Morgan fingerprint density at radius 1 is 1.26 bits per heavy atom. The van der Waals surface area contributed by atoms with Crippen LogP contribution in [-0.4, -0.2) is 33.5 Å². The van der Waals surface area contributed by atoms with E-state index in [0.29, 0.717) is 15.7 Å². The lowest BCUT2D eigenvalue weighted by Gasteiger charge is -2.06. The number of nitrogens with one attached hydrogen (secondary N) is 1. The standard InChI is InChI=1S/C22H23N5O2S2/c1-27-20(14-8-10-15(29-2)11-9-14)25-26-22(27)30-13-19(28)24-21-17(12-23)16-6-4-3-5-7-18(16)31-21/h8-11H,3-7,13H2,1-2H3,(H,24,28). The molecule has 7 nitrogen and oxygen atoms in total. The fourth-order valence-corrected chi connectivity index (χ4v) is 5.64. The van der Waals surface area contributed by atoms with Crippen LogP contribution < -0.4 is 10.1 Å². The second-order valence-corrected chi connectivity index (χ2v) is 9.36. The van der Waals surface area contributed by atoms with E-state index in [4.69, 9.17) is 4.74 Å². The minimum absolute atomic E-state index is 0.146. The molecule has 0 saturated heterocycles. The zero-order chi connectivity index (χ0) is 21.8. The van der Waals surface area contributed by atoms with Crippen LogP contribution in [-0.2, 0) is 24.7 Å². The van der Waals surface area contributed by atoms with Gasteiger partial charge in [0, 0.05) is 17.5 Å². The molecule has 9 heteroatoms. The summed E-state index contributed by atoms with van der Waals surface area (Å²) in [4.78, 5) is 13.8. The van der Waals surface area contributed by atoms with Crippen molar-refractivity contribution < 1.29 is 9.53 Å². The molecule has 0 spiro atoms. The van der Waals surface area contributed by atoms with Gasteiger partial charge in [-0.1, -0.05) is 18.2 Å². The van der Waals surface area contributed by atoms with Gasteiger partial charge in [0.25, 0.3) is 0 Å². The van der Waals surface area contributed by atoms with Crippen molar-refractivity contribution in [1.29, 1.82) is 5.26 Å². The van der Waals surface area contributed by atoms with Crippen molar-refractivity contribution in [3.8, 4) is 23.2 Å². The summed E-state index contributed by atoms with van der Waals surface area (Å²) in [6.07, 6.45) is 5.36. The number of aryl methyl sites for hydroxylation is 1. The van der Waals surface area contributed by atoms with Gasteiger partial charge in [0.2, 0.25) is 5.91 Å². The molecule has 1 aromatic carbocycles. The van der Waals surface area contributed by atoms with Gasteiger partial charge in [0.15, 0.2) is 11.0 Å². The Hall–Kier alpha value is -2.83. The van der Waals surface area contributed by atoms with Gasteiger partial charge >= 0.3 is 0 Å². The molecule has 1 amide bonds. The second-order valence-electron chi connectivity index (χ2n) is 7.31. The first-order chi connectivity index (χ1) is 15.1. The summed E-state index contributed by atoms with van der Waals surface area (Å²) in [5.74, 6) is 1.55. The van der Waals surface area contributed by atoms with Crippen LogP contribution in [0.15, 0.2) is 29.4 Å². The Labute approximate surface area is 189 Å². The molecule has 0 unspecified atom stereocenters. The number of amides is 1. The highest BCUT2D eigenvalue weighted by molar-refractivity contribution is 7.99. The maximum atomic E-state index is 12.6. The third-order valence-corrected chi connectivity index (χ3v) is 7.53. The molecule has 2 aromatic heterocycles. The molecule has 1 aliphatic carbocycles. The lowest BCUT2D eigenvalue weighted by Crippen LogP contribution is -2.14. The van der Waals surface area contributed by atoms with E-state index in [1.165, 1.54) is 23.1 Å². The summed E-state index contributed by atoms with van der Waals surface area (Å²) >= 11 is 2.87. The van der Waals surface area contributed by atoms with Crippen molar-refractivity contribution in [3.63, 3.8) is 0 Å². The molecule has 0 radical (unpaired) electrons. The van der Waals surface area contributed by atoms with E-state index in [2.05, 4.69) is 21.6 Å². The van der Waals surface area contributed by atoms with Gasteiger partial charge in [-0.3, -0.25) is 4.79 Å². The number of fused-ring (bicyclic) bond motifs is 1. The van der Waals surface area contributed by atoms with E-state index in [1.807, 2.05) is 35.9 Å². The quantitative estimate of drug-likeness (QED) is 0.439. The number of thiophene rings is 1. The SMILES string of the molecule is COc1ccc(-c2nnc(SCC(=O)Nc3sc4c(c3C#N)CCCCC4)n2C)cc1. The van der Waals surface area contributed by atoms with E-state index in [0.717, 1.165) is 48.4 Å². The summed E-state index contributed by atoms with van der Waals surface area (Å²) in [6.45, 7) is 0. The zero-order valence-corrected chi connectivity index (χ0v) is 19.1. The van der Waals surface area contributed by atoms with Crippen LogP contribution in [0.25, 0.3) is 11.4 Å². The van der Waals surface area contributed by atoms with Crippen LogP contribution in [0.2, 0.25) is 0 Å². The number of hydrogen-bond acceptors (Lipinski definition) is 7. The van der Waals surface area contributed by atoms with Crippen LogP contribution in [0.5, 0.6) is 5.75 Å². The number of hydrogen-bond donors (Lipinski definition) is 1. The van der Waals surface area contributed by atoms with Crippen LogP contribution >= 0.6 is 23.1 Å². The summed E-state index contributed by atoms with van der Waals surface area (Å²) < 4.78 is 7.06. The second kappa shape index (κ2) is 9.54. The highest BCUT2D eigenvalue weighted by atomic mass is 32.2. The molecule has 0 aliphatic heterocycles. The zero-order valence-electron chi connectivity index (χ0n) is 17.5. The Kier molecular flexibility index (Phi) is 6.59. The number of benzene rings is 1. The number of carbonyl (C=O) groups is 1. The van der Waals surface area contributed by atoms with Crippen molar-refractivity contribution >= 4 is 34.0 Å². The molecular weight excluding hydrogens is 430 g/mol. The third-order valence-electron chi connectivity index (χ3n) is 5.30. The third kappa shape index (κ3) is 4.60. The molecule has 2 heterocycles. The van der Waals surface area contributed by atoms with Gasteiger partial charge < -0.3 is 14.6 Å². The van der Waals surface area contributed by atoms with Crippen LogP contribution in [0.1, 0.15) is 35.3 Å². The Morgan fingerprint density at radius 2 is 2.03 bits per heavy atom. The molecule has 0 saturated carbocycles. The number of aromatic nitrogens is 3. The Balaban J connectivity index is 1.42. The van der Waals surface area contributed by atoms with E-state index >= 15 is 0 Å². The number of nitriles is 1. The number of rotatable bonds is 6. The molecule has 1 N–H and O–H groups in total. The lowest BCUT2D eigenvalue weighted by molar-refractivity contribution is -0.113. The molecule has 0 fully saturated rings. The topological polar surface area (TPSA) is 92.8 Å². The molecule has 3 aromatic rings. The monoisotopic (exact) mass is 453 g/mol. The summed E-state index contributed by atoms with van der Waals surface area (Å²) in [7, 11) is 3.51. The highest BCUT2D eigenvalue weighted by Gasteiger charge is 2.21. The molecule has 0 atom stereocenters.